The lowest BCUT2D eigenvalue weighted by atomic mass is 10.2. The van der Waals surface area contributed by atoms with E-state index in [-0.39, 0.29) is 6.61 Å². The molecule has 1 atom stereocenters. The normalized spacial score (nSPS) is 15.6. The van der Waals surface area contributed by atoms with Crippen molar-refractivity contribution in [2.75, 3.05) is 64.5 Å². The smallest absolute Gasteiger partial charge is 0.142 e. The summed E-state index contributed by atoms with van der Waals surface area (Å²) >= 11 is 0. The molecule has 32 heavy (non-hydrogen) atoms. The summed E-state index contributed by atoms with van der Waals surface area (Å²) in [6, 6.07) is 16.1. The van der Waals surface area contributed by atoms with Crippen molar-refractivity contribution in [3.8, 4) is 17.2 Å². The molecule has 0 aliphatic carbocycles. The van der Waals surface area contributed by atoms with Gasteiger partial charge in [-0.25, -0.2) is 0 Å². The Morgan fingerprint density at radius 3 is 2.25 bits per heavy atom. The number of para-hydroxylation sites is 2. The average Bonchev–Trinajstić information content (AvgIpc) is 2.82. The van der Waals surface area contributed by atoms with E-state index < -0.39 is 6.10 Å². The minimum absolute atomic E-state index is 0.265. The van der Waals surface area contributed by atoms with Crippen LogP contribution in [0.2, 0.25) is 0 Å². The molecule has 1 heterocycles. The zero-order valence-electron chi connectivity index (χ0n) is 19.5. The highest BCUT2D eigenvalue weighted by atomic mass is 16.5. The van der Waals surface area contributed by atoms with Crippen LogP contribution in [0.15, 0.2) is 48.5 Å². The van der Waals surface area contributed by atoms with Crippen LogP contribution in [-0.2, 0) is 0 Å². The van der Waals surface area contributed by atoms with Gasteiger partial charge in [0.15, 0.2) is 0 Å². The molecule has 1 fully saturated rings. The third-order valence-electron chi connectivity index (χ3n) is 5.50. The molecular weight excluding hydrogens is 406 g/mol. The van der Waals surface area contributed by atoms with E-state index in [0.717, 1.165) is 55.7 Å². The van der Waals surface area contributed by atoms with Crippen LogP contribution in [0.25, 0.3) is 0 Å². The quantitative estimate of drug-likeness (QED) is 0.523. The molecule has 2 aromatic carbocycles. The van der Waals surface area contributed by atoms with Crippen molar-refractivity contribution in [2.45, 2.75) is 26.0 Å². The SMILES string of the molecule is COc1ccccc1N1CCN(CCOc2ccc(OCC(O)CNC(C)C)cc2)CC1. The van der Waals surface area contributed by atoms with E-state index in [1.54, 1.807) is 7.11 Å². The number of piperazine rings is 1. The van der Waals surface area contributed by atoms with E-state index in [4.69, 9.17) is 14.2 Å². The fourth-order valence-corrected chi connectivity index (χ4v) is 3.65. The van der Waals surface area contributed by atoms with Crippen LogP contribution in [0.5, 0.6) is 17.2 Å². The van der Waals surface area contributed by atoms with Gasteiger partial charge < -0.3 is 29.5 Å². The molecule has 1 aliphatic heterocycles. The van der Waals surface area contributed by atoms with Crippen molar-refractivity contribution in [1.29, 1.82) is 0 Å². The summed E-state index contributed by atoms with van der Waals surface area (Å²) in [4.78, 5) is 4.81. The summed E-state index contributed by atoms with van der Waals surface area (Å²) in [5, 5.41) is 13.1. The number of nitrogens with zero attached hydrogens (tertiary/aromatic N) is 2. The summed E-state index contributed by atoms with van der Waals surface area (Å²) in [5.74, 6) is 2.49. The summed E-state index contributed by atoms with van der Waals surface area (Å²) < 4.78 is 17.1. The minimum atomic E-state index is -0.531. The van der Waals surface area contributed by atoms with Crippen LogP contribution in [0, 0.1) is 0 Å². The van der Waals surface area contributed by atoms with E-state index in [2.05, 4.69) is 27.2 Å². The number of methoxy groups -OCH3 is 1. The first kappa shape index (κ1) is 24.2. The van der Waals surface area contributed by atoms with E-state index in [1.807, 2.05) is 50.2 Å². The van der Waals surface area contributed by atoms with Gasteiger partial charge in [-0.15, -0.1) is 0 Å². The molecule has 0 radical (unpaired) electrons. The van der Waals surface area contributed by atoms with E-state index >= 15 is 0 Å². The lowest BCUT2D eigenvalue weighted by Crippen LogP contribution is -2.47. The zero-order valence-corrected chi connectivity index (χ0v) is 19.5. The van der Waals surface area contributed by atoms with Crippen molar-refractivity contribution in [2.24, 2.45) is 0 Å². The Hall–Kier alpha value is -2.48. The second-order valence-corrected chi connectivity index (χ2v) is 8.35. The Bertz CT molecular complexity index is 792. The maximum atomic E-state index is 9.94. The van der Waals surface area contributed by atoms with Crippen molar-refractivity contribution >= 4 is 5.69 Å². The van der Waals surface area contributed by atoms with Gasteiger partial charge in [0.05, 0.1) is 12.8 Å². The maximum absolute atomic E-state index is 9.94. The Morgan fingerprint density at radius 2 is 1.59 bits per heavy atom. The van der Waals surface area contributed by atoms with Crippen molar-refractivity contribution in [1.82, 2.24) is 10.2 Å². The van der Waals surface area contributed by atoms with Gasteiger partial charge in [0.2, 0.25) is 0 Å². The second-order valence-electron chi connectivity index (χ2n) is 8.35. The maximum Gasteiger partial charge on any atom is 0.142 e. The number of rotatable bonds is 12. The monoisotopic (exact) mass is 443 g/mol. The molecular formula is C25H37N3O4. The van der Waals surface area contributed by atoms with E-state index in [1.165, 1.54) is 0 Å². The number of aliphatic hydroxyl groups excluding tert-OH is 1. The predicted octanol–water partition coefficient (Wildman–Crippen LogP) is 2.63. The lowest BCUT2D eigenvalue weighted by Gasteiger charge is -2.36. The molecule has 1 aliphatic rings. The Morgan fingerprint density at radius 1 is 0.938 bits per heavy atom. The Kier molecular flexibility index (Phi) is 9.46. The van der Waals surface area contributed by atoms with Crippen molar-refractivity contribution in [3.05, 3.63) is 48.5 Å². The van der Waals surface area contributed by atoms with Crippen molar-refractivity contribution in [3.63, 3.8) is 0 Å². The van der Waals surface area contributed by atoms with Gasteiger partial charge in [-0.3, -0.25) is 4.90 Å². The second kappa shape index (κ2) is 12.5. The number of aliphatic hydroxyl groups is 1. The van der Waals surface area contributed by atoms with Gasteiger partial charge in [0.25, 0.3) is 0 Å². The first-order valence-electron chi connectivity index (χ1n) is 11.4. The largest absolute Gasteiger partial charge is 0.495 e. The zero-order chi connectivity index (χ0) is 22.8. The van der Waals surface area contributed by atoms with Crippen LogP contribution < -0.4 is 24.4 Å². The van der Waals surface area contributed by atoms with E-state index in [0.29, 0.717) is 19.2 Å². The predicted molar refractivity (Wildman–Crippen MR) is 128 cm³/mol. The van der Waals surface area contributed by atoms with Crippen LogP contribution in [0.3, 0.4) is 0 Å². The molecule has 2 aromatic rings. The minimum Gasteiger partial charge on any atom is -0.495 e. The number of hydrogen-bond acceptors (Lipinski definition) is 7. The van der Waals surface area contributed by atoms with Crippen LogP contribution in [0.4, 0.5) is 5.69 Å². The standard InChI is InChI=1S/C25H37N3O4/c1-20(2)26-18-21(29)19-32-23-10-8-22(9-11-23)31-17-16-27-12-14-28(15-13-27)24-6-4-5-7-25(24)30-3/h4-11,20-21,26,29H,12-19H2,1-3H3. The topological polar surface area (TPSA) is 66.4 Å². The molecule has 0 aromatic heterocycles. The van der Waals surface area contributed by atoms with Gasteiger partial charge in [-0.05, 0) is 36.4 Å². The summed E-state index contributed by atoms with van der Waals surface area (Å²) in [7, 11) is 1.72. The first-order valence-corrected chi connectivity index (χ1v) is 11.4. The van der Waals surface area contributed by atoms with Gasteiger partial charge in [0.1, 0.15) is 36.6 Å². The molecule has 7 nitrogen and oxygen atoms in total. The number of nitrogens with one attached hydrogen (secondary N) is 1. The Labute approximate surface area is 191 Å². The molecule has 7 heteroatoms. The number of anilines is 1. The summed E-state index contributed by atoms with van der Waals surface area (Å²) in [5.41, 5.74) is 1.16. The number of hydrogen-bond donors (Lipinski definition) is 2. The Balaban J connectivity index is 1.34. The van der Waals surface area contributed by atoms with E-state index in [9.17, 15) is 5.11 Å². The molecule has 0 spiro atoms. The van der Waals surface area contributed by atoms with Gasteiger partial charge in [-0.1, -0.05) is 26.0 Å². The molecule has 0 amide bonds. The molecule has 1 saturated heterocycles. The highest BCUT2D eigenvalue weighted by molar-refractivity contribution is 5.58. The molecule has 1 unspecified atom stereocenters. The van der Waals surface area contributed by atoms with Crippen LogP contribution >= 0.6 is 0 Å². The summed E-state index contributed by atoms with van der Waals surface area (Å²) in [6.07, 6.45) is -0.531. The summed E-state index contributed by atoms with van der Waals surface area (Å²) in [6.45, 7) is 10.4. The van der Waals surface area contributed by atoms with Crippen LogP contribution in [-0.4, -0.2) is 81.7 Å². The van der Waals surface area contributed by atoms with Crippen LogP contribution in [0.1, 0.15) is 13.8 Å². The molecule has 2 N–H and O–H groups in total. The highest BCUT2D eigenvalue weighted by Crippen LogP contribution is 2.28. The third-order valence-corrected chi connectivity index (χ3v) is 5.50. The molecule has 0 bridgehead atoms. The highest BCUT2D eigenvalue weighted by Gasteiger charge is 2.19. The van der Waals surface area contributed by atoms with Gasteiger partial charge in [0, 0.05) is 45.3 Å². The third kappa shape index (κ3) is 7.58. The molecule has 3 rings (SSSR count). The van der Waals surface area contributed by atoms with Gasteiger partial charge in [-0.2, -0.15) is 0 Å². The first-order chi connectivity index (χ1) is 15.5. The molecule has 176 valence electrons. The fraction of sp³-hybridized carbons (Fsp3) is 0.520. The fourth-order valence-electron chi connectivity index (χ4n) is 3.65. The lowest BCUT2D eigenvalue weighted by molar-refractivity contribution is 0.104. The molecule has 0 saturated carbocycles. The number of ether oxygens (including phenoxy) is 3. The van der Waals surface area contributed by atoms with Gasteiger partial charge >= 0.3 is 0 Å². The van der Waals surface area contributed by atoms with Crippen molar-refractivity contribution < 1.29 is 19.3 Å². The number of benzene rings is 2. The average molecular weight is 444 g/mol.